The highest BCUT2D eigenvalue weighted by atomic mass is 35.5. The van der Waals surface area contributed by atoms with E-state index < -0.39 is 6.04 Å². The van der Waals surface area contributed by atoms with Gasteiger partial charge in [-0.2, -0.15) is 0 Å². The van der Waals surface area contributed by atoms with Crippen LogP contribution in [0, 0.1) is 19.3 Å². The fourth-order valence-corrected chi connectivity index (χ4v) is 3.16. The van der Waals surface area contributed by atoms with E-state index in [1.165, 1.54) is 0 Å². The Morgan fingerprint density at radius 3 is 2.28 bits per heavy atom. The Bertz CT molecular complexity index is 1050. The molecule has 29 heavy (non-hydrogen) atoms. The van der Waals surface area contributed by atoms with E-state index in [1.807, 2.05) is 62.4 Å². The van der Waals surface area contributed by atoms with Crippen molar-refractivity contribution in [2.75, 3.05) is 5.32 Å². The molecule has 0 bridgehead atoms. The van der Waals surface area contributed by atoms with Gasteiger partial charge >= 0.3 is 0 Å². The first-order valence-corrected chi connectivity index (χ1v) is 9.84. The van der Waals surface area contributed by atoms with Crippen LogP contribution in [0.4, 0.5) is 5.69 Å². The number of carbonyl (C=O) groups is 1. The highest BCUT2D eigenvalue weighted by molar-refractivity contribution is 6.42. The first kappa shape index (κ1) is 20.9. The highest BCUT2D eigenvalue weighted by Crippen LogP contribution is 2.27. The third-order valence-electron chi connectivity index (χ3n) is 4.67. The Kier molecular flexibility index (Phi) is 6.57. The number of hydrogen-bond donors (Lipinski definition) is 3. The van der Waals surface area contributed by atoms with Crippen molar-refractivity contribution in [3.63, 3.8) is 0 Å². The van der Waals surface area contributed by atoms with E-state index in [0.717, 1.165) is 16.7 Å². The minimum absolute atomic E-state index is 0.0509. The maximum atomic E-state index is 13.1. The molecule has 3 aromatic rings. The third kappa shape index (κ3) is 5.17. The van der Waals surface area contributed by atoms with Gasteiger partial charge in [0.25, 0.3) is 5.91 Å². The van der Waals surface area contributed by atoms with Crippen molar-refractivity contribution >= 4 is 40.6 Å². The normalized spacial score (nSPS) is 11.6. The molecule has 1 atom stereocenters. The summed E-state index contributed by atoms with van der Waals surface area (Å²) in [5.41, 5.74) is 4.28. The topological polar surface area (TPSA) is 65.0 Å². The predicted octanol–water partition coefficient (Wildman–Crippen LogP) is 5.91. The van der Waals surface area contributed by atoms with Gasteiger partial charge in [0.2, 0.25) is 0 Å². The molecule has 3 N–H and O–H groups in total. The van der Waals surface area contributed by atoms with Gasteiger partial charge in [-0.15, -0.1) is 0 Å². The van der Waals surface area contributed by atoms with Crippen molar-refractivity contribution in [1.82, 2.24) is 5.32 Å². The largest absolute Gasteiger partial charge is 0.370 e. The van der Waals surface area contributed by atoms with E-state index in [1.54, 1.807) is 18.2 Å². The lowest BCUT2D eigenvalue weighted by molar-refractivity contribution is -0.120. The number of aryl methyl sites for hydroxylation is 2. The molecule has 0 aliphatic carbocycles. The summed E-state index contributed by atoms with van der Waals surface area (Å²) >= 11 is 12.1. The Morgan fingerprint density at radius 2 is 1.62 bits per heavy atom. The van der Waals surface area contributed by atoms with Crippen LogP contribution in [-0.2, 0) is 4.79 Å². The SMILES string of the molecule is Cc1ccc(C(=N)NC(=O)C(Nc2ccc(Cl)c(Cl)c2)c2ccccc2)cc1C. The maximum Gasteiger partial charge on any atom is 0.252 e. The number of hydrogen-bond acceptors (Lipinski definition) is 3. The van der Waals surface area contributed by atoms with Gasteiger partial charge in [0.1, 0.15) is 11.9 Å². The molecule has 0 spiro atoms. The highest BCUT2D eigenvalue weighted by Gasteiger charge is 2.22. The Morgan fingerprint density at radius 1 is 0.897 bits per heavy atom. The first-order chi connectivity index (χ1) is 13.8. The summed E-state index contributed by atoms with van der Waals surface area (Å²) in [5.74, 6) is -0.291. The molecule has 0 aliphatic rings. The van der Waals surface area contributed by atoms with Crippen LogP contribution >= 0.6 is 23.2 Å². The molecule has 148 valence electrons. The molecule has 3 aromatic carbocycles. The van der Waals surface area contributed by atoms with E-state index in [4.69, 9.17) is 28.6 Å². The fourth-order valence-electron chi connectivity index (χ4n) is 2.86. The lowest BCUT2D eigenvalue weighted by atomic mass is 10.0. The first-order valence-electron chi connectivity index (χ1n) is 9.08. The van der Waals surface area contributed by atoms with E-state index >= 15 is 0 Å². The number of benzene rings is 3. The lowest BCUT2D eigenvalue weighted by Gasteiger charge is -2.21. The van der Waals surface area contributed by atoms with Crippen LogP contribution in [-0.4, -0.2) is 11.7 Å². The number of amides is 1. The summed E-state index contributed by atoms with van der Waals surface area (Å²) in [7, 11) is 0. The molecule has 3 rings (SSSR count). The van der Waals surface area contributed by atoms with Crippen LogP contribution in [0.25, 0.3) is 0 Å². The quantitative estimate of drug-likeness (QED) is 0.351. The minimum atomic E-state index is -0.708. The number of rotatable bonds is 5. The van der Waals surface area contributed by atoms with Crippen LogP contribution in [0.2, 0.25) is 10.0 Å². The molecular weight excluding hydrogens is 405 g/mol. The van der Waals surface area contributed by atoms with Gasteiger partial charge in [0.15, 0.2) is 0 Å². The summed E-state index contributed by atoms with van der Waals surface area (Å²) in [6.45, 7) is 3.99. The molecule has 0 aromatic heterocycles. The molecular formula is C23H21Cl2N3O. The zero-order valence-corrected chi connectivity index (χ0v) is 17.6. The summed E-state index contributed by atoms with van der Waals surface area (Å²) in [4.78, 5) is 13.1. The molecule has 1 unspecified atom stereocenters. The van der Waals surface area contributed by atoms with E-state index in [2.05, 4.69) is 10.6 Å². The smallest absolute Gasteiger partial charge is 0.252 e. The standard InChI is InChI=1S/C23H21Cl2N3O/c1-14-8-9-17(12-15(14)2)22(26)28-23(29)21(16-6-4-3-5-7-16)27-18-10-11-19(24)20(25)13-18/h3-13,21,27H,1-2H3,(H2,26,28,29). The Balaban J connectivity index is 1.85. The van der Waals surface area contributed by atoms with Gasteiger partial charge in [-0.3, -0.25) is 10.2 Å². The second kappa shape index (κ2) is 9.12. The zero-order valence-electron chi connectivity index (χ0n) is 16.1. The number of amidine groups is 1. The molecule has 0 saturated heterocycles. The molecule has 0 heterocycles. The van der Waals surface area contributed by atoms with Crippen LogP contribution in [0.1, 0.15) is 28.3 Å². The van der Waals surface area contributed by atoms with Crippen molar-refractivity contribution in [1.29, 1.82) is 5.41 Å². The van der Waals surface area contributed by atoms with Crippen molar-refractivity contribution in [3.8, 4) is 0 Å². The van der Waals surface area contributed by atoms with E-state index in [0.29, 0.717) is 21.3 Å². The van der Waals surface area contributed by atoms with Gasteiger partial charge in [-0.05, 0) is 54.8 Å². The summed E-state index contributed by atoms with van der Waals surface area (Å²) in [6.07, 6.45) is 0. The molecule has 4 nitrogen and oxygen atoms in total. The molecule has 0 fully saturated rings. The zero-order chi connectivity index (χ0) is 21.0. The van der Waals surface area contributed by atoms with E-state index in [-0.39, 0.29) is 11.7 Å². The number of carbonyl (C=O) groups excluding carboxylic acids is 1. The van der Waals surface area contributed by atoms with Crippen LogP contribution < -0.4 is 10.6 Å². The molecule has 6 heteroatoms. The minimum Gasteiger partial charge on any atom is -0.370 e. The van der Waals surface area contributed by atoms with Gasteiger partial charge in [0, 0.05) is 11.3 Å². The average molecular weight is 426 g/mol. The van der Waals surface area contributed by atoms with Crippen LogP contribution in [0.3, 0.4) is 0 Å². The second-order valence-corrected chi connectivity index (χ2v) is 7.59. The van der Waals surface area contributed by atoms with Gasteiger partial charge in [0.05, 0.1) is 10.0 Å². The Hall–Kier alpha value is -2.82. The molecule has 0 aliphatic heterocycles. The van der Waals surface area contributed by atoms with Crippen molar-refractivity contribution in [3.05, 3.63) is 99.0 Å². The second-order valence-electron chi connectivity index (χ2n) is 6.78. The molecule has 0 radical (unpaired) electrons. The lowest BCUT2D eigenvalue weighted by Crippen LogP contribution is -2.37. The Labute approximate surface area is 180 Å². The van der Waals surface area contributed by atoms with Crippen molar-refractivity contribution in [2.45, 2.75) is 19.9 Å². The molecule has 1 amide bonds. The van der Waals surface area contributed by atoms with Crippen molar-refractivity contribution < 1.29 is 4.79 Å². The monoisotopic (exact) mass is 425 g/mol. The average Bonchev–Trinajstić information content (AvgIpc) is 2.71. The maximum absolute atomic E-state index is 13.1. The number of nitrogens with one attached hydrogen (secondary N) is 3. The summed E-state index contributed by atoms with van der Waals surface area (Å²) in [6, 6.07) is 19.4. The summed E-state index contributed by atoms with van der Waals surface area (Å²) < 4.78 is 0. The van der Waals surface area contributed by atoms with Crippen LogP contribution in [0.15, 0.2) is 66.7 Å². The number of halogens is 2. The predicted molar refractivity (Wildman–Crippen MR) is 120 cm³/mol. The summed E-state index contributed by atoms with van der Waals surface area (Å²) in [5, 5.41) is 15.1. The van der Waals surface area contributed by atoms with Gasteiger partial charge in [-0.25, -0.2) is 0 Å². The fraction of sp³-hybridized carbons (Fsp3) is 0.130. The molecule has 0 saturated carbocycles. The van der Waals surface area contributed by atoms with Gasteiger partial charge in [-0.1, -0.05) is 65.7 Å². The van der Waals surface area contributed by atoms with Crippen LogP contribution in [0.5, 0.6) is 0 Å². The third-order valence-corrected chi connectivity index (χ3v) is 5.41. The number of anilines is 1. The van der Waals surface area contributed by atoms with Gasteiger partial charge < -0.3 is 10.6 Å². The van der Waals surface area contributed by atoms with Crippen molar-refractivity contribution in [2.24, 2.45) is 0 Å². The van der Waals surface area contributed by atoms with E-state index in [9.17, 15) is 4.79 Å².